The number of carbonyl (C=O) groups excluding carboxylic acids is 2. The molecule has 0 aromatic heterocycles. The summed E-state index contributed by atoms with van der Waals surface area (Å²) in [6.45, 7) is 13.0. The summed E-state index contributed by atoms with van der Waals surface area (Å²) < 4.78 is 31.6. The molecule has 0 fully saturated rings. The van der Waals surface area contributed by atoms with Gasteiger partial charge in [0.05, 0.1) is 72.7 Å². The molecule has 0 atom stereocenters. The first-order valence-corrected chi connectivity index (χ1v) is 14.5. The van der Waals surface area contributed by atoms with Crippen LogP contribution in [0, 0.1) is 10.8 Å². The first-order valence-electron chi connectivity index (χ1n) is 14.5. The van der Waals surface area contributed by atoms with Crippen molar-refractivity contribution in [3.63, 3.8) is 0 Å². The number of ether oxygens (including phenoxy) is 6. The number of hydrogen-bond donors (Lipinski definition) is 2. The zero-order chi connectivity index (χ0) is 30.9. The van der Waals surface area contributed by atoms with Gasteiger partial charge in [0.25, 0.3) is 0 Å². The van der Waals surface area contributed by atoms with Crippen LogP contribution in [0.5, 0.6) is 0 Å². The zero-order valence-electron chi connectivity index (χ0n) is 25.8. The van der Waals surface area contributed by atoms with E-state index < -0.39 is 5.97 Å². The summed E-state index contributed by atoms with van der Waals surface area (Å²) in [5, 5.41) is 11.5. The highest BCUT2D eigenvalue weighted by Crippen LogP contribution is 2.33. The van der Waals surface area contributed by atoms with Crippen LogP contribution in [0.4, 0.5) is 0 Å². The minimum absolute atomic E-state index is 0.00925. The van der Waals surface area contributed by atoms with Crippen molar-refractivity contribution in [2.24, 2.45) is 10.8 Å². The molecule has 0 unspecified atom stereocenters. The maximum absolute atomic E-state index is 12.3. The number of amides is 1. The van der Waals surface area contributed by atoms with Gasteiger partial charge in [-0.15, -0.1) is 0 Å². The van der Waals surface area contributed by atoms with Gasteiger partial charge in [0.2, 0.25) is 5.91 Å². The van der Waals surface area contributed by atoms with E-state index in [0.29, 0.717) is 65.2 Å². The number of rotatable bonds is 21. The second kappa shape index (κ2) is 22.9. The monoisotopic (exact) mass is 593 g/mol. The van der Waals surface area contributed by atoms with E-state index >= 15 is 0 Å². The van der Waals surface area contributed by atoms with Crippen molar-refractivity contribution in [2.45, 2.75) is 40.5 Å². The first kappa shape index (κ1) is 37.4. The fraction of sp³-hybridized carbons (Fsp3) is 0.625. The predicted octanol–water partition coefficient (Wildman–Crippen LogP) is 3.68. The molecule has 0 saturated heterocycles. The Balaban J connectivity index is 2.11. The lowest BCUT2D eigenvalue weighted by atomic mass is 9.78. The van der Waals surface area contributed by atoms with Gasteiger partial charge in [0, 0.05) is 17.8 Å². The van der Waals surface area contributed by atoms with E-state index in [2.05, 4.69) is 45.2 Å². The van der Waals surface area contributed by atoms with Gasteiger partial charge in [-0.1, -0.05) is 58.1 Å². The minimum atomic E-state index is -0.522. The Morgan fingerprint density at radius 1 is 0.738 bits per heavy atom. The number of hydrogen-bond acceptors (Lipinski definition) is 9. The van der Waals surface area contributed by atoms with E-state index in [9.17, 15) is 9.59 Å². The third-order valence-corrected chi connectivity index (χ3v) is 6.01. The molecule has 1 aliphatic carbocycles. The van der Waals surface area contributed by atoms with Crippen LogP contribution in [0.25, 0.3) is 0 Å². The molecule has 1 aliphatic rings. The van der Waals surface area contributed by atoms with E-state index in [0.717, 1.165) is 12.8 Å². The van der Waals surface area contributed by atoms with Crippen molar-refractivity contribution < 1.29 is 43.1 Å². The number of nitrogens with one attached hydrogen (secondary N) is 1. The molecule has 10 nitrogen and oxygen atoms in total. The van der Waals surface area contributed by atoms with Crippen molar-refractivity contribution in [3.05, 3.63) is 60.4 Å². The van der Waals surface area contributed by atoms with E-state index in [1.807, 2.05) is 18.2 Å². The van der Waals surface area contributed by atoms with E-state index in [4.69, 9.17) is 33.5 Å². The lowest BCUT2D eigenvalue weighted by Gasteiger charge is -2.27. The average molecular weight is 594 g/mol. The van der Waals surface area contributed by atoms with Gasteiger partial charge in [0.1, 0.15) is 6.61 Å². The van der Waals surface area contributed by atoms with Crippen LogP contribution in [-0.2, 0) is 38.0 Å². The third-order valence-electron chi connectivity index (χ3n) is 6.01. The van der Waals surface area contributed by atoms with Gasteiger partial charge >= 0.3 is 5.97 Å². The second-order valence-corrected chi connectivity index (χ2v) is 11.0. The molecule has 0 bridgehead atoms. The highest BCUT2D eigenvalue weighted by Gasteiger charge is 2.21. The minimum Gasteiger partial charge on any atom is -0.460 e. The van der Waals surface area contributed by atoms with Gasteiger partial charge in [0.15, 0.2) is 0 Å². The van der Waals surface area contributed by atoms with Crippen molar-refractivity contribution in [1.82, 2.24) is 5.32 Å². The summed E-state index contributed by atoms with van der Waals surface area (Å²) in [5.74, 6) is -0.814. The normalized spacial score (nSPS) is 19.3. The summed E-state index contributed by atoms with van der Waals surface area (Å²) in [7, 11) is 0. The molecule has 0 aromatic rings. The summed E-state index contributed by atoms with van der Waals surface area (Å²) in [6, 6.07) is 0. The average Bonchev–Trinajstić information content (AvgIpc) is 2.94. The maximum atomic E-state index is 12.3. The van der Waals surface area contributed by atoms with Gasteiger partial charge in [-0.2, -0.15) is 0 Å². The molecule has 0 saturated carbocycles. The highest BCUT2D eigenvalue weighted by molar-refractivity contribution is 5.90. The fourth-order valence-corrected chi connectivity index (χ4v) is 3.43. The lowest BCUT2D eigenvalue weighted by molar-refractivity contribution is -0.139. The van der Waals surface area contributed by atoms with E-state index in [1.165, 1.54) is 24.3 Å². The Hall–Kier alpha value is -2.60. The Labute approximate surface area is 251 Å². The van der Waals surface area contributed by atoms with Crippen LogP contribution in [0.15, 0.2) is 60.4 Å². The number of allylic oxidation sites excluding steroid dienone is 7. The highest BCUT2D eigenvalue weighted by atomic mass is 16.6. The van der Waals surface area contributed by atoms with Gasteiger partial charge in [-0.3, -0.25) is 4.79 Å². The van der Waals surface area contributed by atoms with Crippen LogP contribution in [0.1, 0.15) is 40.5 Å². The summed E-state index contributed by atoms with van der Waals surface area (Å²) >= 11 is 0. The Morgan fingerprint density at radius 2 is 1.21 bits per heavy atom. The molecule has 1 amide bonds. The van der Waals surface area contributed by atoms with Crippen LogP contribution in [0.2, 0.25) is 0 Å². The Bertz CT molecular complexity index is 904. The third kappa shape index (κ3) is 22.1. The quantitative estimate of drug-likeness (QED) is 0.0888. The SMILES string of the molecule is CC1(C)/C=C/C=C(NC(=O)/C=C/C=C/C(=O)OCCOCCOCCOCCOCCOCCO)\C=C\C(C)(C)CC1. The number of carbonyl (C=O) groups is 2. The molecule has 0 aromatic carbocycles. The number of aliphatic hydroxyl groups is 1. The zero-order valence-corrected chi connectivity index (χ0v) is 25.8. The lowest BCUT2D eigenvalue weighted by Crippen LogP contribution is -2.20. The van der Waals surface area contributed by atoms with Crippen molar-refractivity contribution in [2.75, 3.05) is 79.3 Å². The molecule has 42 heavy (non-hydrogen) atoms. The molecular formula is C32H51NO9. The first-order chi connectivity index (χ1) is 20.1. The predicted molar refractivity (Wildman–Crippen MR) is 162 cm³/mol. The van der Waals surface area contributed by atoms with Crippen LogP contribution >= 0.6 is 0 Å². The van der Waals surface area contributed by atoms with Crippen molar-refractivity contribution in [3.8, 4) is 0 Å². The van der Waals surface area contributed by atoms with Crippen LogP contribution < -0.4 is 5.32 Å². The van der Waals surface area contributed by atoms with Crippen molar-refractivity contribution >= 4 is 11.9 Å². The van der Waals surface area contributed by atoms with Crippen LogP contribution in [-0.4, -0.2) is 96.3 Å². The van der Waals surface area contributed by atoms with Crippen LogP contribution in [0.3, 0.4) is 0 Å². The van der Waals surface area contributed by atoms with Gasteiger partial charge in [-0.05, 0) is 35.8 Å². The Kier molecular flexibility index (Phi) is 20.4. The number of aliphatic hydroxyl groups excluding tert-OH is 1. The summed E-state index contributed by atoms with van der Waals surface area (Å²) in [6.07, 6.45) is 17.8. The van der Waals surface area contributed by atoms with Gasteiger partial charge in [-0.25, -0.2) is 4.79 Å². The standard InChI is InChI=1S/C32H51NO9/c1-31(2)12-7-8-28(11-13-32(3,4)15-14-31)33-29(35)9-5-6-10-30(36)42-27-26-41-25-24-40-23-22-39-21-20-38-19-18-37-17-16-34/h5-13,34H,14-27H2,1-4H3,(H,33,35)/b9-5+,10-6+,12-7+,13-11+,28-8+. The molecule has 1 rings (SSSR count). The van der Waals surface area contributed by atoms with E-state index in [1.54, 1.807) is 0 Å². The molecule has 238 valence electrons. The summed E-state index contributed by atoms with van der Waals surface area (Å²) in [5.41, 5.74) is 0.808. The molecule has 0 radical (unpaired) electrons. The second-order valence-electron chi connectivity index (χ2n) is 11.0. The molecule has 2 N–H and O–H groups in total. The van der Waals surface area contributed by atoms with Crippen molar-refractivity contribution in [1.29, 1.82) is 0 Å². The number of esters is 1. The molecule has 0 aliphatic heterocycles. The van der Waals surface area contributed by atoms with E-state index in [-0.39, 0.29) is 36.6 Å². The Morgan fingerprint density at radius 3 is 1.76 bits per heavy atom. The maximum Gasteiger partial charge on any atom is 0.330 e. The molecule has 0 spiro atoms. The molecule has 0 heterocycles. The topological polar surface area (TPSA) is 122 Å². The summed E-state index contributed by atoms with van der Waals surface area (Å²) in [4.78, 5) is 24.2. The smallest absolute Gasteiger partial charge is 0.330 e. The molecular weight excluding hydrogens is 542 g/mol. The molecule has 10 heteroatoms. The largest absolute Gasteiger partial charge is 0.460 e. The fourth-order valence-electron chi connectivity index (χ4n) is 3.43. The van der Waals surface area contributed by atoms with Gasteiger partial charge < -0.3 is 38.8 Å².